The van der Waals surface area contributed by atoms with E-state index in [4.69, 9.17) is 4.74 Å². The van der Waals surface area contributed by atoms with Gasteiger partial charge in [-0.25, -0.2) is 4.39 Å². The first-order valence-corrected chi connectivity index (χ1v) is 7.03. The van der Waals surface area contributed by atoms with Crippen LogP contribution in [0.2, 0.25) is 0 Å². The number of ketones is 1. The van der Waals surface area contributed by atoms with Gasteiger partial charge in [-0.3, -0.25) is 4.79 Å². The number of halogens is 1. The van der Waals surface area contributed by atoms with E-state index in [0.717, 1.165) is 0 Å². The topological polar surface area (TPSA) is 46.5 Å². The fourth-order valence-electron chi connectivity index (χ4n) is 2.40. The summed E-state index contributed by atoms with van der Waals surface area (Å²) < 4.78 is 19.3. The maximum Gasteiger partial charge on any atom is 0.197 e. The SMILES string of the molecule is COc1ccc(C(=O)[C@@H](F)Cc2cc(C)c(O)c(C)c2)cc1. The van der Waals surface area contributed by atoms with E-state index >= 15 is 0 Å². The molecule has 2 rings (SSSR count). The number of aryl methyl sites for hydroxylation is 2. The van der Waals surface area contributed by atoms with E-state index in [1.54, 1.807) is 50.2 Å². The van der Waals surface area contributed by atoms with Crippen LogP contribution in [0.5, 0.6) is 11.5 Å². The van der Waals surface area contributed by atoms with Crippen molar-refractivity contribution in [3.05, 3.63) is 58.7 Å². The van der Waals surface area contributed by atoms with Crippen molar-refractivity contribution in [1.29, 1.82) is 0 Å². The lowest BCUT2D eigenvalue weighted by molar-refractivity contribution is 0.0877. The van der Waals surface area contributed by atoms with Gasteiger partial charge in [0.1, 0.15) is 11.5 Å². The lowest BCUT2D eigenvalue weighted by Crippen LogP contribution is -2.18. The smallest absolute Gasteiger partial charge is 0.197 e. The zero-order valence-corrected chi connectivity index (χ0v) is 12.9. The van der Waals surface area contributed by atoms with Crippen LogP contribution < -0.4 is 4.74 Å². The highest BCUT2D eigenvalue weighted by molar-refractivity contribution is 5.99. The second-order valence-electron chi connectivity index (χ2n) is 5.34. The number of ether oxygens (including phenoxy) is 1. The molecule has 0 fully saturated rings. The fourth-order valence-corrected chi connectivity index (χ4v) is 2.40. The van der Waals surface area contributed by atoms with Crippen LogP contribution >= 0.6 is 0 Å². The Morgan fingerprint density at radius 1 is 1.18 bits per heavy atom. The maximum atomic E-state index is 14.3. The molecule has 0 amide bonds. The molecule has 3 nitrogen and oxygen atoms in total. The van der Waals surface area contributed by atoms with Crippen LogP contribution in [0, 0.1) is 13.8 Å². The molecule has 116 valence electrons. The Kier molecular flexibility index (Phi) is 4.81. The van der Waals surface area contributed by atoms with Crippen LogP contribution in [0.4, 0.5) is 4.39 Å². The molecule has 0 aliphatic rings. The van der Waals surface area contributed by atoms with E-state index in [0.29, 0.717) is 28.0 Å². The highest BCUT2D eigenvalue weighted by Gasteiger charge is 2.20. The van der Waals surface area contributed by atoms with E-state index in [1.807, 2.05) is 0 Å². The molecular weight excluding hydrogens is 283 g/mol. The van der Waals surface area contributed by atoms with Crippen molar-refractivity contribution in [3.8, 4) is 11.5 Å². The molecule has 2 aromatic rings. The van der Waals surface area contributed by atoms with E-state index < -0.39 is 12.0 Å². The Bertz CT molecular complexity index is 654. The fraction of sp³-hybridized carbons (Fsp3) is 0.278. The van der Waals surface area contributed by atoms with Gasteiger partial charge in [0.2, 0.25) is 0 Å². The minimum Gasteiger partial charge on any atom is -0.507 e. The van der Waals surface area contributed by atoms with Crippen LogP contribution in [-0.4, -0.2) is 24.2 Å². The van der Waals surface area contributed by atoms with Crippen LogP contribution in [-0.2, 0) is 6.42 Å². The third kappa shape index (κ3) is 3.45. The van der Waals surface area contributed by atoms with Crippen LogP contribution in [0.25, 0.3) is 0 Å². The Morgan fingerprint density at radius 2 is 1.73 bits per heavy atom. The maximum absolute atomic E-state index is 14.3. The summed E-state index contributed by atoms with van der Waals surface area (Å²) in [4.78, 5) is 12.1. The van der Waals surface area contributed by atoms with Crippen LogP contribution in [0.3, 0.4) is 0 Å². The molecular formula is C18H19FO3. The van der Waals surface area contributed by atoms with Crippen LogP contribution in [0.15, 0.2) is 36.4 Å². The predicted octanol–water partition coefficient (Wildman–Crippen LogP) is 3.78. The summed E-state index contributed by atoms with van der Waals surface area (Å²) in [5, 5.41) is 9.73. The van der Waals surface area contributed by atoms with Crippen molar-refractivity contribution >= 4 is 5.78 Å². The van der Waals surface area contributed by atoms with Gasteiger partial charge in [-0.15, -0.1) is 0 Å². The van der Waals surface area contributed by atoms with Gasteiger partial charge in [-0.1, -0.05) is 12.1 Å². The second-order valence-corrected chi connectivity index (χ2v) is 5.34. The molecule has 4 heteroatoms. The number of methoxy groups -OCH3 is 1. The molecule has 0 radical (unpaired) electrons. The first kappa shape index (κ1) is 16.0. The normalized spacial score (nSPS) is 12.0. The Labute approximate surface area is 129 Å². The van der Waals surface area contributed by atoms with Crippen molar-refractivity contribution in [1.82, 2.24) is 0 Å². The minimum atomic E-state index is -1.61. The van der Waals surface area contributed by atoms with Crippen molar-refractivity contribution in [2.24, 2.45) is 0 Å². The van der Waals surface area contributed by atoms with Gasteiger partial charge in [0.15, 0.2) is 12.0 Å². The number of hydrogen-bond acceptors (Lipinski definition) is 3. The number of Topliss-reactive ketones (excluding diaryl/α,β-unsaturated/α-hetero) is 1. The first-order valence-electron chi connectivity index (χ1n) is 7.03. The number of aromatic hydroxyl groups is 1. The van der Waals surface area contributed by atoms with E-state index in [1.165, 1.54) is 7.11 Å². The zero-order valence-electron chi connectivity index (χ0n) is 12.9. The summed E-state index contributed by atoms with van der Waals surface area (Å²) in [6, 6.07) is 9.79. The molecule has 0 unspecified atom stereocenters. The predicted molar refractivity (Wildman–Crippen MR) is 83.5 cm³/mol. The lowest BCUT2D eigenvalue weighted by atomic mass is 9.98. The molecule has 0 spiro atoms. The Hall–Kier alpha value is -2.36. The third-order valence-electron chi connectivity index (χ3n) is 3.62. The molecule has 0 heterocycles. The average molecular weight is 302 g/mol. The summed E-state index contributed by atoms with van der Waals surface area (Å²) >= 11 is 0. The molecule has 2 aromatic carbocycles. The number of alkyl halides is 1. The molecule has 1 atom stereocenters. The van der Waals surface area contributed by atoms with Gasteiger partial charge in [-0.05, 0) is 54.8 Å². The quantitative estimate of drug-likeness (QED) is 0.855. The summed E-state index contributed by atoms with van der Waals surface area (Å²) in [6.45, 7) is 3.51. The Morgan fingerprint density at radius 3 is 2.23 bits per heavy atom. The molecule has 0 aliphatic heterocycles. The highest BCUT2D eigenvalue weighted by Crippen LogP contribution is 2.24. The summed E-state index contributed by atoms with van der Waals surface area (Å²) in [5.74, 6) is 0.281. The number of hydrogen-bond donors (Lipinski definition) is 1. The van der Waals surface area contributed by atoms with Gasteiger partial charge < -0.3 is 9.84 Å². The van der Waals surface area contributed by atoms with E-state index in [-0.39, 0.29) is 12.2 Å². The zero-order chi connectivity index (χ0) is 16.3. The number of carbonyl (C=O) groups is 1. The molecule has 0 aliphatic carbocycles. The standard InChI is InChI=1S/C18H19FO3/c1-11-8-13(9-12(2)17(11)20)10-16(19)18(21)14-4-6-15(22-3)7-5-14/h4-9,16,20H,10H2,1-3H3/t16-/m0/s1. The summed E-state index contributed by atoms with van der Waals surface area (Å²) in [7, 11) is 1.53. The number of benzene rings is 2. The summed E-state index contributed by atoms with van der Waals surface area (Å²) in [6.07, 6.45) is -1.62. The number of rotatable bonds is 5. The Balaban J connectivity index is 2.14. The molecule has 1 N–H and O–H groups in total. The highest BCUT2D eigenvalue weighted by atomic mass is 19.1. The summed E-state index contributed by atoms with van der Waals surface area (Å²) in [5.41, 5.74) is 2.38. The van der Waals surface area contributed by atoms with Crippen LogP contribution in [0.1, 0.15) is 27.0 Å². The van der Waals surface area contributed by atoms with Crippen molar-refractivity contribution in [3.63, 3.8) is 0 Å². The minimum absolute atomic E-state index is 0.00712. The molecule has 0 bridgehead atoms. The van der Waals surface area contributed by atoms with Crippen molar-refractivity contribution in [2.75, 3.05) is 7.11 Å². The van der Waals surface area contributed by atoms with Crippen molar-refractivity contribution in [2.45, 2.75) is 26.4 Å². The monoisotopic (exact) mass is 302 g/mol. The molecule has 22 heavy (non-hydrogen) atoms. The molecule has 0 aromatic heterocycles. The van der Waals surface area contributed by atoms with Gasteiger partial charge in [-0.2, -0.15) is 0 Å². The second kappa shape index (κ2) is 6.60. The van der Waals surface area contributed by atoms with E-state index in [9.17, 15) is 14.3 Å². The van der Waals surface area contributed by atoms with Gasteiger partial charge in [0, 0.05) is 12.0 Å². The average Bonchev–Trinajstić information content (AvgIpc) is 2.51. The van der Waals surface area contributed by atoms with Gasteiger partial charge in [0.25, 0.3) is 0 Å². The van der Waals surface area contributed by atoms with Crippen molar-refractivity contribution < 1.29 is 19.0 Å². The molecule has 0 saturated heterocycles. The number of phenolic OH excluding ortho intramolecular Hbond substituents is 1. The lowest BCUT2D eigenvalue weighted by Gasteiger charge is -2.11. The first-order chi connectivity index (χ1) is 10.4. The van der Waals surface area contributed by atoms with Gasteiger partial charge in [0.05, 0.1) is 7.11 Å². The number of carbonyl (C=O) groups excluding carboxylic acids is 1. The molecule has 0 saturated carbocycles. The van der Waals surface area contributed by atoms with E-state index in [2.05, 4.69) is 0 Å². The largest absolute Gasteiger partial charge is 0.507 e. The van der Waals surface area contributed by atoms with Gasteiger partial charge >= 0.3 is 0 Å². The number of phenols is 1. The third-order valence-corrected chi connectivity index (χ3v) is 3.62.